The number of rotatable bonds is 3. The van der Waals surface area contributed by atoms with Crippen LogP contribution in [0.2, 0.25) is 0 Å². The quantitative estimate of drug-likeness (QED) is 0.697. The molecule has 0 spiro atoms. The Morgan fingerprint density at radius 2 is 2.62 bits per heavy atom. The summed E-state index contributed by atoms with van der Waals surface area (Å²) < 4.78 is 1.71. The predicted molar refractivity (Wildman–Crippen MR) is 50.5 cm³/mol. The second-order valence-electron chi connectivity index (χ2n) is 3.19. The molecule has 0 unspecified atom stereocenters. The van der Waals surface area contributed by atoms with Crippen LogP contribution in [0.4, 0.5) is 0 Å². The van der Waals surface area contributed by atoms with Gasteiger partial charge in [0.15, 0.2) is 0 Å². The molecule has 72 valence electrons. The van der Waals surface area contributed by atoms with Crippen LogP contribution in [0.25, 0.3) is 0 Å². The molecule has 1 aromatic heterocycles. The Balaban J connectivity index is 1.82. The zero-order valence-corrected chi connectivity index (χ0v) is 8.42. The van der Waals surface area contributed by atoms with Crippen LogP contribution < -0.4 is 5.32 Å². The molecule has 5 nitrogen and oxygen atoms in total. The number of hydrogen-bond acceptors (Lipinski definition) is 5. The van der Waals surface area contributed by atoms with Crippen molar-refractivity contribution < 1.29 is 0 Å². The van der Waals surface area contributed by atoms with Crippen LogP contribution in [0.15, 0.2) is 5.16 Å². The average molecular weight is 199 g/mol. The van der Waals surface area contributed by atoms with Gasteiger partial charge in [-0.15, -0.1) is 5.10 Å². The molecule has 1 fully saturated rings. The molecule has 0 amide bonds. The van der Waals surface area contributed by atoms with Gasteiger partial charge in [0.2, 0.25) is 5.16 Å². The monoisotopic (exact) mass is 199 g/mol. The predicted octanol–water partition coefficient (Wildman–Crippen LogP) is 0.0542. The van der Waals surface area contributed by atoms with Crippen LogP contribution in [0.3, 0.4) is 0 Å². The maximum absolute atomic E-state index is 3.91. The van der Waals surface area contributed by atoms with Crippen LogP contribution in [0.5, 0.6) is 0 Å². The van der Waals surface area contributed by atoms with E-state index in [0.29, 0.717) is 6.04 Å². The summed E-state index contributed by atoms with van der Waals surface area (Å²) in [6, 6.07) is 0.640. The van der Waals surface area contributed by atoms with E-state index in [1.807, 2.05) is 7.05 Å². The maximum Gasteiger partial charge on any atom is 0.209 e. The lowest BCUT2D eigenvalue weighted by molar-refractivity contribution is 0.654. The second-order valence-corrected chi connectivity index (χ2v) is 4.18. The summed E-state index contributed by atoms with van der Waals surface area (Å²) >= 11 is 1.72. The van der Waals surface area contributed by atoms with Crippen molar-refractivity contribution in [1.29, 1.82) is 0 Å². The normalized spacial score (nSPS) is 22.4. The Morgan fingerprint density at radius 1 is 1.69 bits per heavy atom. The zero-order chi connectivity index (χ0) is 9.10. The van der Waals surface area contributed by atoms with E-state index in [2.05, 4.69) is 20.8 Å². The number of tetrazole rings is 1. The lowest BCUT2D eigenvalue weighted by Crippen LogP contribution is -2.23. The standard InChI is InChI=1S/C7H13N5S/c1-12-7(9-10-11-12)13-5-6-3-2-4-8-6/h6,8H,2-5H2,1H3/t6-/m0/s1. The Morgan fingerprint density at radius 3 is 3.23 bits per heavy atom. The average Bonchev–Trinajstić information content (AvgIpc) is 2.72. The molecular formula is C7H13N5S. The van der Waals surface area contributed by atoms with E-state index in [0.717, 1.165) is 17.5 Å². The van der Waals surface area contributed by atoms with Gasteiger partial charge in [0.1, 0.15) is 0 Å². The Kier molecular flexibility index (Phi) is 2.80. The highest BCUT2D eigenvalue weighted by molar-refractivity contribution is 7.99. The van der Waals surface area contributed by atoms with E-state index in [-0.39, 0.29) is 0 Å². The summed E-state index contributed by atoms with van der Waals surface area (Å²) in [5, 5.41) is 15.6. The summed E-state index contributed by atoms with van der Waals surface area (Å²) in [5.41, 5.74) is 0. The molecule has 1 atom stereocenters. The van der Waals surface area contributed by atoms with Crippen LogP contribution in [0, 0.1) is 0 Å². The fourth-order valence-electron chi connectivity index (χ4n) is 1.42. The summed E-state index contributed by atoms with van der Waals surface area (Å²) in [7, 11) is 1.87. The minimum atomic E-state index is 0.640. The molecule has 1 N–H and O–H groups in total. The fourth-order valence-corrected chi connectivity index (χ4v) is 2.37. The first-order chi connectivity index (χ1) is 6.36. The molecule has 13 heavy (non-hydrogen) atoms. The number of thioether (sulfide) groups is 1. The van der Waals surface area contributed by atoms with Crippen molar-refractivity contribution >= 4 is 11.8 Å². The van der Waals surface area contributed by atoms with Crippen molar-refractivity contribution in [3.8, 4) is 0 Å². The molecule has 0 bridgehead atoms. The minimum Gasteiger partial charge on any atom is -0.313 e. The van der Waals surface area contributed by atoms with Crippen LogP contribution in [-0.2, 0) is 7.05 Å². The van der Waals surface area contributed by atoms with Crippen molar-refractivity contribution in [2.45, 2.75) is 24.0 Å². The number of hydrogen-bond donors (Lipinski definition) is 1. The third-order valence-electron chi connectivity index (χ3n) is 2.16. The van der Waals surface area contributed by atoms with E-state index in [1.165, 1.54) is 12.8 Å². The first kappa shape index (κ1) is 8.96. The third kappa shape index (κ3) is 2.19. The Hall–Kier alpha value is -0.620. The highest BCUT2D eigenvalue weighted by Crippen LogP contribution is 2.17. The lowest BCUT2D eigenvalue weighted by Gasteiger charge is -2.07. The molecular weight excluding hydrogens is 186 g/mol. The van der Waals surface area contributed by atoms with E-state index < -0.39 is 0 Å². The largest absolute Gasteiger partial charge is 0.313 e. The summed E-state index contributed by atoms with van der Waals surface area (Å²) in [6.07, 6.45) is 2.57. The molecule has 1 aromatic rings. The molecule has 0 aliphatic carbocycles. The first-order valence-corrected chi connectivity index (χ1v) is 5.43. The van der Waals surface area contributed by atoms with E-state index in [1.54, 1.807) is 16.4 Å². The molecule has 6 heteroatoms. The number of nitrogens with zero attached hydrogens (tertiary/aromatic N) is 4. The fraction of sp³-hybridized carbons (Fsp3) is 0.857. The Labute approximate surface area is 81.3 Å². The van der Waals surface area contributed by atoms with Crippen molar-refractivity contribution in [2.75, 3.05) is 12.3 Å². The van der Waals surface area contributed by atoms with Gasteiger partial charge in [0.05, 0.1) is 0 Å². The minimum absolute atomic E-state index is 0.640. The van der Waals surface area contributed by atoms with Crippen molar-refractivity contribution in [3.63, 3.8) is 0 Å². The first-order valence-electron chi connectivity index (χ1n) is 4.45. The molecule has 1 aliphatic heterocycles. The van der Waals surface area contributed by atoms with Crippen molar-refractivity contribution in [3.05, 3.63) is 0 Å². The van der Waals surface area contributed by atoms with E-state index >= 15 is 0 Å². The van der Waals surface area contributed by atoms with Crippen molar-refractivity contribution in [2.24, 2.45) is 7.05 Å². The zero-order valence-electron chi connectivity index (χ0n) is 7.60. The van der Waals surface area contributed by atoms with Gasteiger partial charge >= 0.3 is 0 Å². The van der Waals surface area contributed by atoms with Gasteiger partial charge in [-0.2, -0.15) is 0 Å². The molecule has 1 aliphatic rings. The van der Waals surface area contributed by atoms with Crippen LogP contribution in [0.1, 0.15) is 12.8 Å². The third-order valence-corrected chi connectivity index (χ3v) is 3.33. The van der Waals surface area contributed by atoms with Crippen molar-refractivity contribution in [1.82, 2.24) is 25.5 Å². The van der Waals surface area contributed by atoms with Gasteiger partial charge in [-0.25, -0.2) is 4.68 Å². The van der Waals surface area contributed by atoms with Gasteiger partial charge in [0.25, 0.3) is 0 Å². The molecule has 0 aromatic carbocycles. The van der Waals surface area contributed by atoms with Gasteiger partial charge in [-0.1, -0.05) is 11.8 Å². The summed E-state index contributed by atoms with van der Waals surface area (Å²) in [5.74, 6) is 1.06. The SMILES string of the molecule is Cn1nnnc1SC[C@@H]1CCCN1. The van der Waals surface area contributed by atoms with Crippen LogP contribution >= 0.6 is 11.8 Å². The van der Waals surface area contributed by atoms with Gasteiger partial charge in [-0.3, -0.25) is 0 Å². The summed E-state index contributed by atoms with van der Waals surface area (Å²) in [6.45, 7) is 1.16. The smallest absolute Gasteiger partial charge is 0.209 e. The molecule has 1 saturated heterocycles. The summed E-state index contributed by atoms with van der Waals surface area (Å²) in [4.78, 5) is 0. The van der Waals surface area contributed by atoms with Gasteiger partial charge in [-0.05, 0) is 29.8 Å². The number of aromatic nitrogens is 4. The molecule has 0 saturated carbocycles. The Bertz CT molecular complexity index is 268. The topological polar surface area (TPSA) is 55.6 Å². The second kappa shape index (κ2) is 4.06. The highest BCUT2D eigenvalue weighted by atomic mass is 32.2. The number of nitrogens with one attached hydrogen (secondary N) is 1. The van der Waals surface area contributed by atoms with E-state index in [4.69, 9.17) is 0 Å². The molecule has 2 heterocycles. The molecule has 2 rings (SSSR count). The number of aryl methyl sites for hydroxylation is 1. The van der Waals surface area contributed by atoms with E-state index in [9.17, 15) is 0 Å². The molecule has 0 radical (unpaired) electrons. The highest BCUT2D eigenvalue weighted by Gasteiger charge is 2.15. The van der Waals surface area contributed by atoms with Gasteiger partial charge in [0, 0.05) is 18.8 Å². The maximum atomic E-state index is 3.91. The van der Waals surface area contributed by atoms with Gasteiger partial charge < -0.3 is 5.32 Å². The van der Waals surface area contributed by atoms with Crippen LogP contribution in [-0.4, -0.2) is 38.5 Å². The lowest BCUT2D eigenvalue weighted by atomic mass is 10.3.